The molecule has 0 atom stereocenters. The summed E-state index contributed by atoms with van der Waals surface area (Å²) in [5.41, 5.74) is 4.72. The molecule has 0 aliphatic carbocycles. The van der Waals surface area contributed by atoms with Crippen LogP contribution in [0.15, 0.2) is 18.2 Å². The van der Waals surface area contributed by atoms with Gasteiger partial charge in [0.25, 0.3) is 5.91 Å². The molecular weight excluding hydrogens is 259 g/mol. The highest BCUT2D eigenvalue weighted by molar-refractivity contribution is 5.94. The van der Waals surface area contributed by atoms with E-state index in [1.807, 2.05) is 0 Å². The number of alkyl halides is 4. The number of nitrogens with one attached hydrogen (secondary N) is 1. The molecule has 1 aromatic rings. The number of anilines is 1. The van der Waals surface area contributed by atoms with Gasteiger partial charge in [-0.3, -0.25) is 4.79 Å². The average Bonchev–Trinajstić information content (AvgIpc) is 2.25. The molecule has 0 aromatic heterocycles. The summed E-state index contributed by atoms with van der Waals surface area (Å²) < 4.78 is 61.8. The predicted molar refractivity (Wildman–Crippen MR) is 54.1 cm³/mol. The van der Waals surface area contributed by atoms with Crippen molar-refractivity contribution in [2.45, 2.75) is 12.3 Å². The van der Waals surface area contributed by atoms with Gasteiger partial charge in [-0.25, -0.2) is 13.2 Å². The van der Waals surface area contributed by atoms with Gasteiger partial charge in [-0.1, -0.05) is 0 Å². The summed E-state index contributed by atoms with van der Waals surface area (Å²) in [6.45, 7) is -1.58. The molecular formula is C10H9F5N2O. The molecule has 3 nitrogen and oxygen atoms in total. The molecule has 0 radical (unpaired) electrons. The molecule has 3 N–H and O–H groups in total. The Balaban J connectivity index is 2.72. The molecule has 100 valence electrons. The van der Waals surface area contributed by atoms with Gasteiger partial charge in [0.05, 0.1) is 12.1 Å². The van der Waals surface area contributed by atoms with E-state index >= 15 is 0 Å². The molecule has 18 heavy (non-hydrogen) atoms. The second-order valence-electron chi connectivity index (χ2n) is 3.48. The van der Waals surface area contributed by atoms with Crippen molar-refractivity contribution in [1.29, 1.82) is 0 Å². The van der Waals surface area contributed by atoms with Gasteiger partial charge in [0.2, 0.25) is 0 Å². The first kappa shape index (κ1) is 14.2. The van der Waals surface area contributed by atoms with Crippen LogP contribution in [0.5, 0.6) is 0 Å². The Morgan fingerprint density at radius 1 is 1.39 bits per heavy atom. The van der Waals surface area contributed by atoms with Crippen molar-refractivity contribution in [1.82, 2.24) is 5.32 Å². The summed E-state index contributed by atoms with van der Waals surface area (Å²) in [5.74, 6) is -6.60. The number of nitrogen functional groups attached to an aromatic ring is 1. The molecule has 0 unspecified atom stereocenters. The van der Waals surface area contributed by atoms with Crippen molar-refractivity contribution in [3.8, 4) is 0 Å². The molecule has 8 heteroatoms. The Bertz CT molecular complexity index is 450. The molecule has 0 bridgehead atoms. The van der Waals surface area contributed by atoms with E-state index in [9.17, 15) is 26.7 Å². The lowest BCUT2D eigenvalue weighted by Crippen LogP contribution is -2.41. The molecule has 0 aliphatic rings. The third-order valence-corrected chi connectivity index (χ3v) is 2.04. The van der Waals surface area contributed by atoms with Gasteiger partial charge in [0.15, 0.2) is 0 Å². The van der Waals surface area contributed by atoms with Gasteiger partial charge in [-0.15, -0.1) is 0 Å². The van der Waals surface area contributed by atoms with E-state index in [2.05, 4.69) is 0 Å². The van der Waals surface area contributed by atoms with E-state index in [0.29, 0.717) is 0 Å². The van der Waals surface area contributed by atoms with Crippen LogP contribution in [0.1, 0.15) is 10.4 Å². The lowest BCUT2D eigenvalue weighted by molar-refractivity contribution is -0.123. The fourth-order valence-electron chi connectivity index (χ4n) is 1.09. The third kappa shape index (κ3) is 3.31. The van der Waals surface area contributed by atoms with Crippen LogP contribution in [0.2, 0.25) is 0 Å². The Labute approximate surface area is 98.8 Å². The molecule has 0 saturated carbocycles. The molecule has 0 fully saturated rings. The number of carbonyl (C=O) groups excluding carboxylic acids is 1. The van der Waals surface area contributed by atoms with E-state index < -0.39 is 36.2 Å². The van der Waals surface area contributed by atoms with Crippen molar-refractivity contribution < 1.29 is 26.7 Å². The zero-order chi connectivity index (χ0) is 13.9. The van der Waals surface area contributed by atoms with Gasteiger partial charge < -0.3 is 11.1 Å². The summed E-state index contributed by atoms with van der Waals surface area (Å²) in [4.78, 5) is 11.3. The standard InChI is InChI=1S/C10H9F5N2O/c11-7-3-5(16)1-2-6(7)8(18)17-4-10(14,15)9(12)13/h1-3,9H,4,16H2,(H,17,18). The van der Waals surface area contributed by atoms with Crippen molar-refractivity contribution in [3.05, 3.63) is 29.6 Å². The fourth-order valence-corrected chi connectivity index (χ4v) is 1.09. The Morgan fingerprint density at radius 2 is 2.00 bits per heavy atom. The molecule has 0 spiro atoms. The normalized spacial score (nSPS) is 11.7. The molecule has 1 amide bonds. The van der Waals surface area contributed by atoms with Crippen molar-refractivity contribution in [3.63, 3.8) is 0 Å². The maximum Gasteiger partial charge on any atom is 0.324 e. The second-order valence-corrected chi connectivity index (χ2v) is 3.48. The number of carbonyl (C=O) groups is 1. The van der Waals surface area contributed by atoms with E-state index in [1.54, 1.807) is 0 Å². The quantitative estimate of drug-likeness (QED) is 0.648. The maximum atomic E-state index is 13.2. The Hall–Kier alpha value is -1.86. The molecule has 1 aromatic carbocycles. The van der Waals surface area contributed by atoms with Crippen LogP contribution in [0.4, 0.5) is 27.6 Å². The van der Waals surface area contributed by atoms with Crippen LogP contribution < -0.4 is 11.1 Å². The lowest BCUT2D eigenvalue weighted by atomic mass is 10.2. The van der Waals surface area contributed by atoms with E-state index in [4.69, 9.17) is 5.73 Å². The number of nitrogens with two attached hydrogens (primary N) is 1. The van der Waals surface area contributed by atoms with Crippen LogP contribution in [-0.4, -0.2) is 24.8 Å². The first-order valence-corrected chi connectivity index (χ1v) is 4.73. The highest BCUT2D eigenvalue weighted by Crippen LogP contribution is 2.21. The molecule has 0 aliphatic heterocycles. The van der Waals surface area contributed by atoms with Gasteiger partial charge in [0.1, 0.15) is 5.82 Å². The summed E-state index contributed by atoms with van der Waals surface area (Å²) >= 11 is 0. The van der Waals surface area contributed by atoms with Crippen LogP contribution >= 0.6 is 0 Å². The van der Waals surface area contributed by atoms with Crippen LogP contribution in [0.25, 0.3) is 0 Å². The van der Waals surface area contributed by atoms with Crippen molar-refractivity contribution in [2.75, 3.05) is 12.3 Å². The predicted octanol–water partition coefficient (Wildman–Crippen LogP) is 2.04. The number of hydrogen-bond donors (Lipinski definition) is 2. The average molecular weight is 268 g/mol. The second kappa shape index (κ2) is 5.19. The minimum absolute atomic E-state index is 0.0435. The number of benzene rings is 1. The van der Waals surface area contributed by atoms with Gasteiger partial charge >= 0.3 is 12.3 Å². The molecule has 1 rings (SSSR count). The topological polar surface area (TPSA) is 55.1 Å². The third-order valence-electron chi connectivity index (χ3n) is 2.04. The number of amides is 1. The smallest absolute Gasteiger partial charge is 0.324 e. The largest absolute Gasteiger partial charge is 0.399 e. The summed E-state index contributed by atoms with van der Waals surface area (Å²) in [6, 6.07) is 2.98. The van der Waals surface area contributed by atoms with E-state index in [-0.39, 0.29) is 5.69 Å². The lowest BCUT2D eigenvalue weighted by Gasteiger charge is -2.15. The van der Waals surface area contributed by atoms with Crippen LogP contribution in [0.3, 0.4) is 0 Å². The van der Waals surface area contributed by atoms with Crippen LogP contribution in [0, 0.1) is 5.82 Å². The highest BCUT2D eigenvalue weighted by Gasteiger charge is 2.40. The van der Waals surface area contributed by atoms with Gasteiger partial charge in [0, 0.05) is 5.69 Å². The molecule has 0 heterocycles. The molecule has 0 saturated heterocycles. The fraction of sp³-hybridized carbons (Fsp3) is 0.300. The van der Waals surface area contributed by atoms with Crippen molar-refractivity contribution >= 4 is 11.6 Å². The minimum atomic E-state index is -4.36. The Morgan fingerprint density at radius 3 is 2.50 bits per heavy atom. The van der Waals surface area contributed by atoms with E-state index in [1.165, 1.54) is 11.4 Å². The SMILES string of the molecule is Nc1ccc(C(=O)NCC(F)(F)C(F)F)c(F)c1. The monoisotopic (exact) mass is 268 g/mol. The summed E-state index contributed by atoms with van der Waals surface area (Å²) in [7, 11) is 0. The highest BCUT2D eigenvalue weighted by atomic mass is 19.3. The van der Waals surface area contributed by atoms with Crippen molar-refractivity contribution in [2.24, 2.45) is 0 Å². The Kier molecular flexibility index (Phi) is 4.10. The van der Waals surface area contributed by atoms with E-state index in [0.717, 1.165) is 12.1 Å². The minimum Gasteiger partial charge on any atom is -0.399 e. The van der Waals surface area contributed by atoms with Gasteiger partial charge in [-0.2, -0.15) is 8.78 Å². The summed E-state index contributed by atoms with van der Waals surface area (Å²) in [6.07, 6.45) is -3.91. The maximum absolute atomic E-state index is 13.2. The van der Waals surface area contributed by atoms with Crippen LogP contribution in [-0.2, 0) is 0 Å². The number of hydrogen-bond acceptors (Lipinski definition) is 2. The van der Waals surface area contributed by atoms with Gasteiger partial charge in [-0.05, 0) is 18.2 Å². The number of halogens is 5. The zero-order valence-electron chi connectivity index (χ0n) is 8.89. The first-order chi connectivity index (χ1) is 8.24. The first-order valence-electron chi connectivity index (χ1n) is 4.73. The summed E-state index contributed by atoms with van der Waals surface area (Å²) in [5, 5.41) is 1.53. The number of rotatable bonds is 4. The zero-order valence-corrected chi connectivity index (χ0v) is 8.89.